The lowest BCUT2D eigenvalue weighted by molar-refractivity contribution is -0.385. The summed E-state index contributed by atoms with van der Waals surface area (Å²) in [6, 6.07) is 20.8. The standard InChI is InChI=1S/C24H19BrN4O4/c1-32-22-12-16(13-27-28-23-10-9-19(14-26-23)29(30)31)11-21(25)24(22)33-15-18-7-4-6-17-5-2-3-8-20(17)18/h2-14H,15H2,1H3,(H,26,28)/b27-13-. The quantitative estimate of drug-likeness (QED) is 0.180. The van der Waals surface area contributed by atoms with E-state index in [2.05, 4.69) is 49.6 Å². The van der Waals surface area contributed by atoms with Crippen molar-refractivity contribution in [3.8, 4) is 11.5 Å². The van der Waals surface area contributed by atoms with Crippen LogP contribution in [0.2, 0.25) is 0 Å². The van der Waals surface area contributed by atoms with Gasteiger partial charge in [0.05, 0.1) is 22.7 Å². The smallest absolute Gasteiger partial charge is 0.287 e. The molecule has 0 saturated carbocycles. The van der Waals surface area contributed by atoms with E-state index in [9.17, 15) is 10.1 Å². The Morgan fingerprint density at radius 1 is 1.15 bits per heavy atom. The molecule has 0 radical (unpaired) electrons. The molecule has 0 spiro atoms. The van der Waals surface area contributed by atoms with Crippen LogP contribution in [0.25, 0.3) is 10.8 Å². The van der Waals surface area contributed by atoms with Crippen molar-refractivity contribution in [1.82, 2.24) is 4.98 Å². The van der Waals surface area contributed by atoms with Crippen LogP contribution < -0.4 is 14.9 Å². The van der Waals surface area contributed by atoms with Crippen LogP contribution in [0, 0.1) is 10.1 Å². The van der Waals surface area contributed by atoms with Crippen molar-refractivity contribution in [3.05, 3.63) is 98.6 Å². The van der Waals surface area contributed by atoms with Gasteiger partial charge in [0.2, 0.25) is 0 Å². The molecular weight excluding hydrogens is 488 g/mol. The van der Waals surface area contributed by atoms with Crippen molar-refractivity contribution in [2.45, 2.75) is 6.61 Å². The molecule has 0 unspecified atom stereocenters. The molecule has 4 aromatic rings. The van der Waals surface area contributed by atoms with Gasteiger partial charge in [0, 0.05) is 6.07 Å². The van der Waals surface area contributed by atoms with E-state index in [4.69, 9.17) is 9.47 Å². The third-order valence-electron chi connectivity index (χ3n) is 4.86. The molecule has 9 heteroatoms. The molecule has 0 fully saturated rings. The lowest BCUT2D eigenvalue weighted by Crippen LogP contribution is -2.00. The van der Waals surface area contributed by atoms with Crippen LogP contribution in [0.5, 0.6) is 11.5 Å². The zero-order chi connectivity index (χ0) is 23.2. The van der Waals surface area contributed by atoms with Crippen LogP contribution in [-0.4, -0.2) is 23.2 Å². The summed E-state index contributed by atoms with van der Waals surface area (Å²) >= 11 is 3.56. The predicted molar refractivity (Wildman–Crippen MR) is 131 cm³/mol. The summed E-state index contributed by atoms with van der Waals surface area (Å²) < 4.78 is 12.4. The first-order chi connectivity index (χ1) is 16.0. The number of nitro groups is 1. The van der Waals surface area contributed by atoms with E-state index in [0.717, 1.165) is 26.4 Å². The Kier molecular flexibility index (Phi) is 6.80. The highest BCUT2D eigenvalue weighted by Gasteiger charge is 2.12. The summed E-state index contributed by atoms with van der Waals surface area (Å²) in [6.45, 7) is 0.386. The summed E-state index contributed by atoms with van der Waals surface area (Å²) in [7, 11) is 1.58. The number of halogens is 1. The second-order valence-corrected chi connectivity index (χ2v) is 7.84. The molecule has 4 rings (SSSR count). The van der Waals surface area contributed by atoms with Gasteiger partial charge in [-0.05, 0) is 56.0 Å². The van der Waals surface area contributed by atoms with Gasteiger partial charge in [-0.25, -0.2) is 4.98 Å². The van der Waals surface area contributed by atoms with Gasteiger partial charge in [0.15, 0.2) is 11.5 Å². The van der Waals surface area contributed by atoms with Gasteiger partial charge in [-0.3, -0.25) is 15.5 Å². The van der Waals surface area contributed by atoms with Gasteiger partial charge < -0.3 is 9.47 Å². The van der Waals surface area contributed by atoms with Crippen molar-refractivity contribution < 1.29 is 14.4 Å². The molecule has 0 saturated heterocycles. The van der Waals surface area contributed by atoms with Gasteiger partial charge in [0.1, 0.15) is 18.6 Å². The molecule has 0 bridgehead atoms. The van der Waals surface area contributed by atoms with Crippen molar-refractivity contribution >= 4 is 44.4 Å². The van der Waals surface area contributed by atoms with E-state index >= 15 is 0 Å². The van der Waals surface area contributed by atoms with Gasteiger partial charge in [0.25, 0.3) is 5.69 Å². The Labute approximate surface area is 198 Å². The molecule has 3 aromatic carbocycles. The second-order valence-electron chi connectivity index (χ2n) is 6.99. The summed E-state index contributed by atoms with van der Waals surface area (Å²) in [6.07, 6.45) is 2.75. The number of benzene rings is 3. The number of fused-ring (bicyclic) bond motifs is 1. The van der Waals surface area contributed by atoms with E-state index in [1.807, 2.05) is 30.3 Å². The first-order valence-electron chi connectivity index (χ1n) is 9.91. The van der Waals surface area contributed by atoms with E-state index in [-0.39, 0.29) is 5.69 Å². The molecule has 0 aliphatic heterocycles. The number of anilines is 1. The van der Waals surface area contributed by atoms with Crippen LogP contribution >= 0.6 is 15.9 Å². The van der Waals surface area contributed by atoms with Crippen molar-refractivity contribution in [2.24, 2.45) is 5.10 Å². The maximum absolute atomic E-state index is 10.7. The van der Waals surface area contributed by atoms with Gasteiger partial charge in [-0.1, -0.05) is 42.5 Å². The first kappa shape index (κ1) is 22.2. The lowest BCUT2D eigenvalue weighted by Gasteiger charge is -2.14. The van der Waals surface area contributed by atoms with Crippen LogP contribution in [-0.2, 0) is 6.61 Å². The summed E-state index contributed by atoms with van der Waals surface area (Å²) in [5.41, 5.74) is 4.49. The van der Waals surface area contributed by atoms with E-state index < -0.39 is 4.92 Å². The number of aromatic nitrogens is 1. The van der Waals surface area contributed by atoms with Crippen molar-refractivity contribution in [3.63, 3.8) is 0 Å². The molecule has 0 amide bonds. The van der Waals surface area contributed by atoms with Gasteiger partial charge >= 0.3 is 0 Å². The predicted octanol–water partition coefficient (Wildman–Crippen LogP) is 5.94. The third kappa shape index (κ3) is 5.27. The van der Waals surface area contributed by atoms with E-state index in [1.54, 1.807) is 19.4 Å². The van der Waals surface area contributed by atoms with Crippen molar-refractivity contribution in [2.75, 3.05) is 12.5 Å². The average Bonchev–Trinajstić information content (AvgIpc) is 2.83. The summed E-state index contributed by atoms with van der Waals surface area (Å²) in [5, 5.41) is 17.1. The maximum Gasteiger partial charge on any atom is 0.287 e. The highest BCUT2D eigenvalue weighted by atomic mass is 79.9. The highest BCUT2D eigenvalue weighted by molar-refractivity contribution is 9.10. The molecule has 33 heavy (non-hydrogen) atoms. The normalized spacial score (nSPS) is 11.0. The molecule has 1 aromatic heterocycles. The number of methoxy groups -OCH3 is 1. The van der Waals surface area contributed by atoms with Crippen LogP contribution in [0.3, 0.4) is 0 Å². The zero-order valence-electron chi connectivity index (χ0n) is 17.6. The van der Waals surface area contributed by atoms with Gasteiger partial charge in [-0.2, -0.15) is 5.10 Å². The number of ether oxygens (including phenoxy) is 2. The molecule has 0 aliphatic rings. The van der Waals surface area contributed by atoms with E-state index in [1.165, 1.54) is 18.3 Å². The fourth-order valence-corrected chi connectivity index (χ4v) is 3.83. The number of nitrogens with zero attached hydrogens (tertiary/aromatic N) is 3. The van der Waals surface area contributed by atoms with Crippen LogP contribution in [0.4, 0.5) is 11.5 Å². The first-order valence-corrected chi connectivity index (χ1v) is 10.7. The molecule has 1 heterocycles. The largest absolute Gasteiger partial charge is 0.493 e. The molecular formula is C24H19BrN4O4. The molecule has 166 valence electrons. The minimum absolute atomic E-state index is 0.0858. The monoisotopic (exact) mass is 506 g/mol. The number of hydrazone groups is 1. The SMILES string of the molecule is COc1cc(/C=N\Nc2ccc([N+](=O)[O-])cn2)cc(Br)c1OCc1cccc2ccccc12. The maximum atomic E-state index is 10.7. The van der Waals surface area contributed by atoms with Crippen LogP contribution in [0.15, 0.2) is 82.5 Å². The Morgan fingerprint density at radius 3 is 2.73 bits per heavy atom. The number of nitrogens with one attached hydrogen (secondary N) is 1. The molecule has 0 aliphatic carbocycles. The minimum Gasteiger partial charge on any atom is -0.493 e. The van der Waals surface area contributed by atoms with Crippen LogP contribution in [0.1, 0.15) is 11.1 Å². The number of hydrogen-bond donors (Lipinski definition) is 1. The molecule has 1 N–H and O–H groups in total. The Balaban J connectivity index is 1.48. The Bertz CT molecular complexity index is 1320. The minimum atomic E-state index is -0.506. The average molecular weight is 507 g/mol. The van der Waals surface area contributed by atoms with E-state index in [0.29, 0.717) is 23.9 Å². The van der Waals surface area contributed by atoms with Gasteiger partial charge in [-0.15, -0.1) is 0 Å². The number of pyridine rings is 1. The fraction of sp³-hybridized carbons (Fsp3) is 0.0833. The summed E-state index contributed by atoms with van der Waals surface area (Å²) in [5.74, 6) is 1.53. The second kappa shape index (κ2) is 10.1. The lowest BCUT2D eigenvalue weighted by atomic mass is 10.1. The third-order valence-corrected chi connectivity index (χ3v) is 5.44. The topological polar surface area (TPSA) is 98.9 Å². The fourth-order valence-electron chi connectivity index (χ4n) is 3.26. The Morgan fingerprint density at radius 2 is 1.97 bits per heavy atom. The van der Waals surface area contributed by atoms with Crippen molar-refractivity contribution in [1.29, 1.82) is 0 Å². The molecule has 0 atom stereocenters. The number of hydrogen-bond acceptors (Lipinski definition) is 7. The zero-order valence-corrected chi connectivity index (χ0v) is 19.2. The molecule has 8 nitrogen and oxygen atoms in total. The Hall–Kier alpha value is -3.98. The highest BCUT2D eigenvalue weighted by Crippen LogP contribution is 2.37. The number of rotatable bonds is 8. The summed E-state index contributed by atoms with van der Waals surface area (Å²) in [4.78, 5) is 14.1.